The molecule has 2 amide bonds. The Morgan fingerprint density at radius 3 is 2.67 bits per heavy atom. The molecule has 0 aliphatic carbocycles. The highest BCUT2D eigenvalue weighted by Gasteiger charge is 2.24. The highest BCUT2D eigenvalue weighted by molar-refractivity contribution is 5.95. The molecule has 2 N–H and O–H groups in total. The summed E-state index contributed by atoms with van der Waals surface area (Å²) in [7, 11) is 0. The fourth-order valence-corrected chi connectivity index (χ4v) is 3.26. The van der Waals surface area contributed by atoms with Crippen molar-refractivity contribution in [3.05, 3.63) is 53.9 Å². The van der Waals surface area contributed by atoms with Gasteiger partial charge in [0.1, 0.15) is 0 Å². The number of piperidine rings is 1. The molecule has 1 unspecified atom stereocenters. The number of primary amides is 1. The van der Waals surface area contributed by atoms with Crippen molar-refractivity contribution in [1.29, 1.82) is 0 Å². The van der Waals surface area contributed by atoms with Gasteiger partial charge in [0.25, 0.3) is 5.91 Å². The van der Waals surface area contributed by atoms with Gasteiger partial charge in [-0.2, -0.15) is 0 Å². The molecule has 142 valence electrons. The van der Waals surface area contributed by atoms with Gasteiger partial charge in [-0.3, -0.25) is 14.6 Å². The second-order valence-electron chi connectivity index (χ2n) is 6.79. The zero-order valence-electron chi connectivity index (χ0n) is 15.6. The summed E-state index contributed by atoms with van der Waals surface area (Å²) in [5, 5.41) is 0. The molecule has 27 heavy (non-hydrogen) atoms. The van der Waals surface area contributed by atoms with Crippen LogP contribution in [0.1, 0.15) is 46.9 Å². The third-order valence-corrected chi connectivity index (χ3v) is 4.71. The van der Waals surface area contributed by atoms with Gasteiger partial charge in [0, 0.05) is 43.2 Å². The zero-order valence-corrected chi connectivity index (χ0v) is 15.6. The Hall–Kier alpha value is -2.73. The highest BCUT2D eigenvalue weighted by Crippen LogP contribution is 2.22. The van der Waals surface area contributed by atoms with Crippen LogP contribution in [0.5, 0.6) is 0 Å². The number of benzene rings is 1. The number of aromatic nitrogens is 1. The van der Waals surface area contributed by atoms with E-state index in [9.17, 15) is 9.59 Å². The van der Waals surface area contributed by atoms with Crippen LogP contribution in [-0.4, -0.2) is 47.5 Å². The van der Waals surface area contributed by atoms with Crippen molar-refractivity contribution in [2.45, 2.75) is 32.3 Å². The minimum absolute atomic E-state index is 0.0235. The summed E-state index contributed by atoms with van der Waals surface area (Å²) in [4.78, 5) is 30.0. The molecule has 1 aromatic heterocycles. The molecule has 1 aliphatic rings. The summed E-state index contributed by atoms with van der Waals surface area (Å²) >= 11 is 0. The number of hydrogen-bond acceptors (Lipinski definition) is 4. The lowest BCUT2D eigenvalue weighted by Crippen LogP contribution is -2.43. The lowest BCUT2D eigenvalue weighted by Gasteiger charge is -2.32. The zero-order chi connectivity index (χ0) is 19.2. The number of carbonyl (C=O) groups is 2. The molecule has 2 heterocycles. The number of rotatable bonds is 6. The van der Waals surface area contributed by atoms with Crippen LogP contribution >= 0.6 is 0 Å². The Kier molecular flexibility index (Phi) is 6.19. The average Bonchev–Trinajstić information content (AvgIpc) is 2.72. The second-order valence-corrected chi connectivity index (χ2v) is 6.79. The molecule has 1 atom stereocenters. The summed E-state index contributed by atoms with van der Waals surface area (Å²) in [6, 6.07) is 9.05. The molecule has 1 aromatic carbocycles. The Bertz CT molecular complexity index is 805. The summed E-state index contributed by atoms with van der Waals surface area (Å²) in [5.41, 5.74) is 7.98. The van der Waals surface area contributed by atoms with E-state index in [1.807, 2.05) is 29.2 Å². The number of hydrogen-bond donors (Lipinski definition) is 1. The predicted molar refractivity (Wildman–Crippen MR) is 103 cm³/mol. The van der Waals surface area contributed by atoms with Crippen molar-refractivity contribution in [3.63, 3.8) is 0 Å². The molecular formula is C21H25N3O3. The van der Waals surface area contributed by atoms with Gasteiger partial charge in [-0.1, -0.05) is 19.1 Å². The Balaban J connectivity index is 1.70. The maximum Gasteiger partial charge on any atom is 0.253 e. The van der Waals surface area contributed by atoms with Crippen LogP contribution in [0.15, 0.2) is 42.7 Å². The average molecular weight is 367 g/mol. The molecule has 0 saturated carbocycles. The fraction of sp³-hybridized carbons (Fsp3) is 0.381. The lowest BCUT2D eigenvalue weighted by molar-refractivity contribution is 0.00211. The number of carbonyl (C=O) groups excluding carboxylic acids is 2. The summed E-state index contributed by atoms with van der Waals surface area (Å²) in [6.07, 6.45) is 6.19. The van der Waals surface area contributed by atoms with E-state index in [0.717, 1.165) is 43.5 Å². The molecule has 0 radical (unpaired) electrons. The SMILES string of the molecule is CCCOC1CCCN(C(=O)c2ccc(-c3cncc(C(N)=O)c3)cc2)C1. The molecule has 1 saturated heterocycles. The molecule has 1 fully saturated rings. The van der Waals surface area contributed by atoms with E-state index in [-0.39, 0.29) is 12.0 Å². The van der Waals surface area contributed by atoms with Crippen LogP contribution in [-0.2, 0) is 4.74 Å². The summed E-state index contributed by atoms with van der Waals surface area (Å²) in [5.74, 6) is -0.489. The summed E-state index contributed by atoms with van der Waals surface area (Å²) < 4.78 is 5.82. The van der Waals surface area contributed by atoms with E-state index in [0.29, 0.717) is 17.7 Å². The molecular weight excluding hydrogens is 342 g/mol. The third kappa shape index (κ3) is 4.71. The van der Waals surface area contributed by atoms with Crippen molar-refractivity contribution < 1.29 is 14.3 Å². The maximum atomic E-state index is 12.8. The van der Waals surface area contributed by atoms with Crippen molar-refractivity contribution in [1.82, 2.24) is 9.88 Å². The Morgan fingerprint density at radius 2 is 1.96 bits per heavy atom. The minimum atomic E-state index is -0.513. The minimum Gasteiger partial charge on any atom is -0.376 e. The van der Waals surface area contributed by atoms with Crippen LogP contribution in [0.4, 0.5) is 0 Å². The lowest BCUT2D eigenvalue weighted by atomic mass is 10.0. The van der Waals surface area contributed by atoms with E-state index >= 15 is 0 Å². The van der Waals surface area contributed by atoms with E-state index in [4.69, 9.17) is 10.5 Å². The van der Waals surface area contributed by atoms with Crippen LogP contribution in [0.25, 0.3) is 11.1 Å². The smallest absolute Gasteiger partial charge is 0.253 e. The number of pyridine rings is 1. The first-order chi connectivity index (χ1) is 13.1. The Morgan fingerprint density at radius 1 is 1.19 bits per heavy atom. The normalized spacial score (nSPS) is 16.9. The van der Waals surface area contributed by atoms with E-state index in [2.05, 4.69) is 11.9 Å². The first kappa shape index (κ1) is 19.0. The molecule has 2 aromatic rings. The topological polar surface area (TPSA) is 85.5 Å². The molecule has 0 bridgehead atoms. The van der Waals surface area contributed by atoms with Crippen molar-refractivity contribution in [2.75, 3.05) is 19.7 Å². The third-order valence-electron chi connectivity index (χ3n) is 4.71. The number of nitrogens with zero attached hydrogens (tertiary/aromatic N) is 2. The molecule has 6 nitrogen and oxygen atoms in total. The maximum absolute atomic E-state index is 12.8. The van der Waals surface area contributed by atoms with E-state index in [1.165, 1.54) is 6.20 Å². The van der Waals surface area contributed by atoms with E-state index in [1.54, 1.807) is 12.3 Å². The summed E-state index contributed by atoms with van der Waals surface area (Å²) in [6.45, 7) is 4.23. The monoisotopic (exact) mass is 367 g/mol. The van der Waals surface area contributed by atoms with Gasteiger partial charge >= 0.3 is 0 Å². The van der Waals surface area contributed by atoms with Crippen LogP contribution in [0.3, 0.4) is 0 Å². The first-order valence-electron chi connectivity index (χ1n) is 9.34. The van der Waals surface area contributed by atoms with Gasteiger partial charge in [-0.05, 0) is 43.0 Å². The van der Waals surface area contributed by atoms with Gasteiger partial charge in [-0.25, -0.2) is 0 Å². The van der Waals surface area contributed by atoms with Gasteiger partial charge in [0.05, 0.1) is 11.7 Å². The highest BCUT2D eigenvalue weighted by atomic mass is 16.5. The van der Waals surface area contributed by atoms with E-state index < -0.39 is 5.91 Å². The van der Waals surface area contributed by atoms with Gasteiger partial charge in [0.2, 0.25) is 5.91 Å². The van der Waals surface area contributed by atoms with Crippen molar-refractivity contribution >= 4 is 11.8 Å². The quantitative estimate of drug-likeness (QED) is 0.851. The van der Waals surface area contributed by atoms with Crippen molar-refractivity contribution in [3.8, 4) is 11.1 Å². The first-order valence-corrected chi connectivity index (χ1v) is 9.34. The van der Waals surface area contributed by atoms with Crippen LogP contribution in [0.2, 0.25) is 0 Å². The predicted octanol–water partition coefficient (Wildman–Crippen LogP) is 2.88. The Labute approximate surface area is 159 Å². The van der Waals surface area contributed by atoms with Crippen LogP contribution < -0.4 is 5.73 Å². The standard InChI is InChI=1S/C21H25N3O3/c1-2-10-27-19-4-3-9-24(14-19)21(26)16-7-5-15(6-8-16)17-11-18(20(22)25)13-23-12-17/h5-8,11-13,19H,2-4,9-10,14H2,1H3,(H2,22,25). The van der Waals surface area contributed by atoms with Gasteiger partial charge in [-0.15, -0.1) is 0 Å². The largest absolute Gasteiger partial charge is 0.376 e. The van der Waals surface area contributed by atoms with Crippen molar-refractivity contribution in [2.24, 2.45) is 5.73 Å². The number of ether oxygens (including phenoxy) is 1. The molecule has 3 rings (SSSR count). The second kappa shape index (κ2) is 8.77. The fourth-order valence-electron chi connectivity index (χ4n) is 3.26. The number of nitrogens with two attached hydrogens (primary N) is 1. The van der Waals surface area contributed by atoms with Gasteiger partial charge < -0.3 is 15.4 Å². The van der Waals surface area contributed by atoms with Crippen LogP contribution in [0, 0.1) is 0 Å². The number of amides is 2. The molecule has 6 heteroatoms. The molecule has 0 spiro atoms. The molecule has 1 aliphatic heterocycles. The van der Waals surface area contributed by atoms with Gasteiger partial charge in [0.15, 0.2) is 0 Å². The number of likely N-dealkylation sites (tertiary alicyclic amines) is 1.